The standard InChI is InChI=1S/C21H22F4N4O3.ClH/c22-14-2-1-3-15(10-14)32-17-11-16(21(23,24)25)27-18(28-17)29-7-5-19(13-29)4-6-26-12-20(19)30-8-9-31-20;/h1-3,10-11,26H,4-9,12-13H2;1H. The van der Waals surface area contributed by atoms with Gasteiger partial charge in [0.05, 0.1) is 19.8 Å². The van der Waals surface area contributed by atoms with Gasteiger partial charge in [-0.2, -0.15) is 18.2 Å². The van der Waals surface area contributed by atoms with Gasteiger partial charge in [0.1, 0.15) is 11.6 Å². The molecule has 3 aliphatic heterocycles. The minimum atomic E-state index is -4.69. The zero-order chi connectivity index (χ0) is 22.4. The van der Waals surface area contributed by atoms with Crippen molar-refractivity contribution in [3.8, 4) is 11.6 Å². The van der Waals surface area contributed by atoms with Crippen molar-refractivity contribution in [3.63, 3.8) is 0 Å². The number of fused-ring (bicyclic) bond motifs is 1. The van der Waals surface area contributed by atoms with Crippen molar-refractivity contribution in [2.24, 2.45) is 5.41 Å². The molecule has 1 unspecified atom stereocenters. The SMILES string of the molecule is Cl.Fc1cccc(Oc2cc(C(F)(F)F)nc(N3CCC4(CCNCC45OCCO5)C3)n2)c1. The predicted octanol–water partition coefficient (Wildman–Crippen LogP) is 3.78. The number of benzene rings is 1. The molecule has 1 aromatic carbocycles. The van der Waals surface area contributed by atoms with Crippen LogP contribution in [0.1, 0.15) is 18.5 Å². The van der Waals surface area contributed by atoms with Crippen LogP contribution in [0.15, 0.2) is 30.3 Å². The first-order valence-electron chi connectivity index (χ1n) is 10.4. The number of hydrogen-bond donors (Lipinski definition) is 1. The van der Waals surface area contributed by atoms with E-state index in [4.69, 9.17) is 14.2 Å². The van der Waals surface area contributed by atoms with E-state index in [2.05, 4.69) is 15.3 Å². The van der Waals surface area contributed by atoms with Gasteiger partial charge in [0, 0.05) is 30.6 Å². The fourth-order valence-corrected chi connectivity index (χ4v) is 4.78. The third-order valence-corrected chi connectivity index (χ3v) is 6.34. The largest absolute Gasteiger partial charge is 0.439 e. The summed E-state index contributed by atoms with van der Waals surface area (Å²) in [5.41, 5.74) is -1.50. The lowest BCUT2D eigenvalue weighted by molar-refractivity contribution is -0.240. The minimum Gasteiger partial charge on any atom is -0.439 e. The van der Waals surface area contributed by atoms with E-state index in [0.29, 0.717) is 39.3 Å². The Morgan fingerprint density at radius 1 is 1.09 bits per heavy atom. The fourth-order valence-electron chi connectivity index (χ4n) is 4.78. The number of hydrogen-bond acceptors (Lipinski definition) is 7. The van der Waals surface area contributed by atoms with Crippen LogP contribution in [0.25, 0.3) is 0 Å². The van der Waals surface area contributed by atoms with E-state index < -0.39 is 23.5 Å². The second-order valence-electron chi connectivity index (χ2n) is 8.28. The van der Waals surface area contributed by atoms with Crippen molar-refractivity contribution in [2.45, 2.75) is 24.8 Å². The number of nitrogens with zero attached hydrogens (tertiary/aromatic N) is 3. The summed E-state index contributed by atoms with van der Waals surface area (Å²) >= 11 is 0. The van der Waals surface area contributed by atoms with Crippen molar-refractivity contribution in [1.29, 1.82) is 0 Å². The molecule has 33 heavy (non-hydrogen) atoms. The van der Waals surface area contributed by atoms with E-state index in [-0.39, 0.29) is 35.4 Å². The van der Waals surface area contributed by atoms with Crippen LogP contribution in [0.5, 0.6) is 11.6 Å². The molecule has 3 fully saturated rings. The molecule has 1 aromatic heterocycles. The Balaban J connectivity index is 0.00000259. The molecule has 3 saturated heterocycles. The van der Waals surface area contributed by atoms with Crippen LogP contribution in [0.3, 0.4) is 0 Å². The second kappa shape index (κ2) is 8.86. The van der Waals surface area contributed by atoms with Crippen LogP contribution in [-0.2, 0) is 15.7 Å². The number of halogens is 5. The first-order valence-corrected chi connectivity index (χ1v) is 10.4. The van der Waals surface area contributed by atoms with E-state index in [0.717, 1.165) is 25.1 Å². The van der Waals surface area contributed by atoms with E-state index in [9.17, 15) is 17.6 Å². The summed E-state index contributed by atoms with van der Waals surface area (Å²) in [5.74, 6) is -1.72. The van der Waals surface area contributed by atoms with Gasteiger partial charge < -0.3 is 24.4 Å². The van der Waals surface area contributed by atoms with Crippen LogP contribution < -0.4 is 15.0 Å². The van der Waals surface area contributed by atoms with Gasteiger partial charge in [0.25, 0.3) is 0 Å². The summed E-state index contributed by atoms with van der Waals surface area (Å²) in [7, 11) is 0. The number of ether oxygens (including phenoxy) is 3. The van der Waals surface area contributed by atoms with E-state index in [1.165, 1.54) is 18.2 Å². The molecule has 3 aliphatic rings. The number of nitrogens with one attached hydrogen (secondary N) is 1. The lowest BCUT2D eigenvalue weighted by atomic mass is 9.73. The second-order valence-corrected chi connectivity index (χ2v) is 8.28. The molecule has 2 aromatic rings. The highest BCUT2D eigenvalue weighted by Crippen LogP contribution is 2.50. The van der Waals surface area contributed by atoms with Gasteiger partial charge in [-0.1, -0.05) is 6.07 Å². The summed E-state index contributed by atoms with van der Waals surface area (Å²) in [5, 5.41) is 3.29. The Hall–Kier alpha value is -2.21. The van der Waals surface area contributed by atoms with Crippen molar-refractivity contribution in [1.82, 2.24) is 15.3 Å². The quantitative estimate of drug-likeness (QED) is 0.657. The van der Waals surface area contributed by atoms with Gasteiger partial charge >= 0.3 is 6.18 Å². The normalized spacial score (nSPS) is 24.3. The summed E-state index contributed by atoms with van der Waals surface area (Å²) < 4.78 is 71.6. The van der Waals surface area contributed by atoms with Gasteiger partial charge in [-0.05, 0) is 31.5 Å². The molecular weight excluding hydrogens is 468 g/mol. The molecule has 1 N–H and O–H groups in total. The Bertz CT molecular complexity index is 1010. The highest BCUT2D eigenvalue weighted by Gasteiger charge is 2.60. The van der Waals surface area contributed by atoms with Crippen LogP contribution >= 0.6 is 12.4 Å². The zero-order valence-electron chi connectivity index (χ0n) is 17.5. The Morgan fingerprint density at radius 3 is 2.61 bits per heavy atom. The molecule has 0 aliphatic carbocycles. The molecular formula is C21H23ClF4N4O3. The third-order valence-electron chi connectivity index (χ3n) is 6.34. The molecule has 4 heterocycles. The number of anilines is 1. The lowest BCUT2D eigenvalue weighted by Crippen LogP contribution is -2.61. The average molecular weight is 491 g/mol. The highest BCUT2D eigenvalue weighted by atomic mass is 35.5. The van der Waals surface area contributed by atoms with E-state index >= 15 is 0 Å². The van der Waals surface area contributed by atoms with Crippen molar-refractivity contribution in [2.75, 3.05) is 44.3 Å². The number of aromatic nitrogens is 2. The summed E-state index contributed by atoms with van der Waals surface area (Å²) in [6.07, 6.45) is -3.26. The van der Waals surface area contributed by atoms with Gasteiger partial charge in [0.15, 0.2) is 11.5 Å². The molecule has 2 spiro atoms. The Kier molecular flexibility index (Phi) is 6.43. The van der Waals surface area contributed by atoms with Gasteiger partial charge in [-0.25, -0.2) is 9.37 Å². The molecule has 12 heteroatoms. The van der Waals surface area contributed by atoms with E-state index in [1.54, 1.807) is 4.90 Å². The summed E-state index contributed by atoms with van der Waals surface area (Å²) in [6.45, 7) is 3.10. The van der Waals surface area contributed by atoms with Crippen molar-refractivity contribution in [3.05, 3.63) is 41.8 Å². The Morgan fingerprint density at radius 2 is 1.88 bits per heavy atom. The highest BCUT2D eigenvalue weighted by molar-refractivity contribution is 5.85. The number of piperidine rings is 1. The molecule has 0 amide bonds. The smallest absolute Gasteiger partial charge is 0.433 e. The topological polar surface area (TPSA) is 68.7 Å². The zero-order valence-corrected chi connectivity index (χ0v) is 18.3. The van der Waals surface area contributed by atoms with Crippen LogP contribution in [0.2, 0.25) is 0 Å². The molecule has 1 atom stereocenters. The maximum Gasteiger partial charge on any atom is 0.433 e. The molecule has 7 nitrogen and oxygen atoms in total. The molecule has 0 saturated carbocycles. The minimum absolute atomic E-state index is 0. The van der Waals surface area contributed by atoms with Gasteiger partial charge in [-0.15, -0.1) is 12.4 Å². The maximum absolute atomic E-state index is 13.6. The van der Waals surface area contributed by atoms with Crippen LogP contribution in [0.4, 0.5) is 23.5 Å². The summed E-state index contributed by atoms with van der Waals surface area (Å²) in [6, 6.07) is 5.85. The fraction of sp³-hybridized carbons (Fsp3) is 0.524. The Labute approximate surface area is 193 Å². The predicted molar refractivity (Wildman–Crippen MR) is 112 cm³/mol. The number of alkyl halides is 3. The van der Waals surface area contributed by atoms with Crippen LogP contribution in [0, 0.1) is 11.2 Å². The summed E-state index contributed by atoms with van der Waals surface area (Å²) in [4.78, 5) is 9.71. The monoisotopic (exact) mass is 490 g/mol. The van der Waals surface area contributed by atoms with Crippen LogP contribution in [-0.4, -0.2) is 55.1 Å². The molecule has 0 bridgehead atoms. The van der Waals surface area contributed by atoms with Crippen molar-refractivity contribution >= 4 is 18.4 Å². The van der Waals surface area contributed by atoms with E-state index in [1.807, 2.05) is 0 Å². The molecule has 5 rings (SSSR count). The first kappa shape index (κ1) is 23.9. The average Bonchev–Trinajstić information content (AvgIpc) is 3.39. The van der Waals surface area contributed by atoms with Gasteiger partial charge in [-0.3, -0.25) is 0 Å². The number of rotatable bonds is 3. The maximum atomic E-state index is 13.6. The van der Waals surface area contributed by atoms with Crippen molar-refractivity contribution < 1.29 is 31.8 Å². The lowest BCUT2D eigenvalue weighted by Gasteiger charge is -2.47. The first-order chi connectivity index (χ1) is 15.3. The third kappa shape index (κ3) is 4.46. The molecule has 0 radical (unpaired) electrons. The van der Waals surface area contributed by atoms with Gasteiger partial charge in [0.2, 0.25) is 11.8 Å². The molecule has 180 valence electrons.